The predicted molar refractivity (Wildman–Crippen MR) is 115 cm³/mol. The second-order valence-electron chi connectivity index (χ2n) is 9.28. The van der Waals surface area contributed by atoms with Crippen LogP contribution in [0.2, 0.25) is 0 Å². The molecular weight excluding hydrogens is 660 g/mol. The van der Waals surface area contributed by atoms with Crippen molar-refractivity contribution in [2.24, 2.45) is 0 Å². The molecule has 0 nitrogen and oxygen atoms in total. The Kier molecular flexibility index (Phi) is 8.32. The molecule has 0 aliphatic heterocycles. The standard InChI is InChI=1S/C24H9BF19/c26-19(27,28)10-1-11(20(29,30)31)5-16(4-10)25(44,17-6-12(21(32,33)34)2-13(7-17)22(35,36)37)18-8-14(23(38,39)40)3-15(9-18)24(41,42)43/h1-9H/q-1. The van der Waals surface area contributed by atoms with E-state index in [2.05, 4.69) is 0 Å². The topological polar surface area (TPSA) is 0 Å². The van der Waals surface area contributed by atoms with Gasteiger partial charge >= 0.3 is 37.1 Å². The summed E-state index contributed by atoms with van der Waals surface area (Å²) in [4.78, 5) is 0. The Bertz CT molecular complexity index is 1250. The van der Waals surface area contributed by atoms with Gasteiger partial charge in [0.25, 0.3) is 0 Å². The Hall–Kier alpha value is -3.61. The number of hydrogen-bond acceptors (Lipinski definition) is 0. The van der Waals surface area contributed by atoms with E-state index in [9.17, 15) is 79.0 Å². The molecule has 0 unspecified atom stereocenters. The zero-order chi connectivity index (χ0) is 34.1. The van der Waals surface area contributed by atoms with Gasteiger partial charge in [-0.15, -0.1) is 0 Å². The molecule has 0 aliphatic carbocycles. The van der Waals surface area contributed by atoms with Crippen molar-refractivity contribution in [3.8, 4) is 0 Å². The molecule has 3 aromatic rings. The molecule has 0 aromatic heterocycles. The van der Waals surface area contributed by atoms with Crippen molar-refractivity contribution in [3.05, 3.63) is 88.0 Å². The third-order valence-electron chi connectivity index (χ3n) is 6.21. The zero-order valence-corrected chi connectivity index (χ0v) is 20.5. The number of benzene rings is 3. The normalized spacial score (nSPS) is 14.2. The fraction of sp³-hybridized carbons (Fsp3) is 0.250. The van der Waals surface area contributed by atoms with Gasteiger partial charge in [0.1, 0.15) is 0 Å². The van der Waals surface area contributed by atoms with E-state index in [1.165, 1.54) is 0 Å². The first kappa shape index (κ1) is 34.9. The van der Waals surface area contributed by atoms with Crippen LogP contribution in [-0.4, -0.2) is 6.42 Å². The van der Waals surface area contributed by atoms with Gasteiger partial charge in [-0.2, -0.15) is 95.4 Å². The highest BCUT2D eigenvalue weighted by Gasteiger charge is 2.45. The van der Waals surface area contributed by atoms with E-state index >= 15 is 4.32 Å². The molecular formula is C24H9BF19-. The fourth-order valence-corrected chi connectivity index (χ4v) is 4.20. The molecule has 0 amide bonds. The van der Waals surface area contributed by atoms with Crippen LogP contribution in [0, 0.1) is 0 Å². The van der Waals surface area contributed by atoms with E-state index in [4.69, 9.17) is 0 Å². The van der Waals surface area contributed by atoms with Gasteiger partial charge in [-0.05, 0) is 18.2 Å². The van der Waals surface area contributed by atoms with Crippen molar-refractivity contribution in [2.45, 2.75) is 37.1 Å². The minimum Gasteiger partial charge on any atom is -0.498 e. The van der Waals surface area contributed by atoms with E-state index < -0.39 is 148 Å². The zero-order valence-electron chi connectivity index (χ0n) is 20.5. The third-order valence-corrected chi connectivity index (χ3v) is 6.21. The van der Waals surface area contributed by atoms with Gasteiger partial charge in [-0.25, -0.2) is 0 Å². The molecule has 0 atom stereocenters. The summed E-state index contributed by atoms with van der Waals surface area (Å²) in [6.45, 7) is 0. The van der Waals surface area contributed by atoms with E-state index in [0.717, 1.165) is 0 Å². The van der Waals surface area contributed by atoms with Gasteiger partial charge in [-0.1, -0.05) is 36.4 Å². The predicted octanol–water partition coefficient (Wildman–Crippen LogP) is 8.74. The molecule has 20 heteroatoms. The van der Waals surface area contributed by atoms with Crippen molar-refractivity contribution in [1.29, 1.82) is 0 Å². The molecule has 44 heavy (non-hydrogen) atoms. The van der Waals surface area contributed by atoms with Crippen molar-refractivity contribution >= 4 is 22.8 Å². The second-order valence-corrected chi connectivity index (χ2v) is 9.28. The summed E-state index contributed by atoms with van der Waals surface area (Å²) in [7, 11) is 0. The van der Waals surface area contributed by atoms with Crippen LogP contribution in [0.1, 0.15) is 33.4 Å². The summed E-state index contributed by atoms with van der Waals surface area (Å²) >= 11 is 0. The molecule has 0 radical (unpaired) electrons. The van der Waals surface area contributed by atoms with Crippen molar-refractivity contribution in [2.75, 3.05) is 0 Å². The van der Waals surface area contributed by atoms with E-state index in [1.807, 2.05) is 0 Å². The molecule has 242 valence electrons. The number of alkyl halides is 18. The van der Waals surface area contributed by atoms with Gasteiger partial charge in [0.15, 0.2) is 0 Å². The maximum absolute atomic E-state index is 17.3. The lowest BCUT2D eigenvalue weighted by Crippen LogP contribution is -2.64. The average Bonchev–Trinajstić information content (AvgIpc) is 2.84. The quantitative estimate of drug-likeness (QED) is 0.194. The lowest BCUT2D eigenvalue weighted by Gasteiger charge is -2.38. The van der Waals surface area contributed by atoms with Gasteiger partial charge in [0, 0.05) is 0 Å². The Morgan fingerprint density at radius 3 is 0.523 bits per heavy atom. The largest absolute Gasteiger partial charge is 0.498 e. The molecule has 0 spiro atoms. The highest BCUT2D eigenvalue weighted by molar-refractivity contribution is 7.06. The van der Waals surface area contributed by atoms with Crippen molar-refractivity contribution in [1.82, 2.24) is 0 Å². The lowest BCUT2D eigenvalue weighted by molar-refractivity contribution is -0.144. The van der Waals surface area contributed by atoms with Crippen LogP contribution < -0.4 is 16.4 Å². The molecule has 0 heterocycles. The van der Waals surface area contributed by atoms with Gasteiger partial charge in [-0.3, -0.25) is 0 Å². The van der Waals surface area contributed by atoms with Gasteiger partial charge in [0.05, 0.1) is 33.4 Å². The van der Waals surface area contributed by atoms with Crippen LogP contribution >= 0.6 is 0 Å². The van der Waals surface area contributed by atoms with Crippen LogP contribution in [0.15, 0.2) is 54.6 Å². The highest BCUT2D eigenvalue weighted by atomic mass is 19.4. The Labute approximate surface area is 232 Å². The summed E-state index contributed by atoms with van der Waals surface area (Å²) in [6, 6.07) is -5.44. The van der Waals surface area contributed by atoms with E-state index in [1.54, 1.807) is 0 Å². The molecule has 3 rings (SSSR count). The summed E-state index contributed by atoms with van der Waals surface area (Å²) in [5.74, 6) is 0. The number of rotatable bonds is 3. The number of hydrogen-bond donors (Lipinski definition) is 0. The van der Waals surface area contributed by atoms with Gasteiger partial charge < -0.3 is 4.32 Å². The first-order chi connectivity index (χ1) is 19.4. The second kappa shape index (κ2) is 10.5. The minimum absolute atomic E-state index is 0.573. The Morgan fingerprint density at radius 1 is 0.273 bits per heavy atom. The molecule has 0 aliphatic rings. The Morgan fingerprint density at radius 2 is 0.409 bits per heavy atom. The lowest BCUT2D eigenvalue weighted by atomic mass is 9.31. The van der Waals surface area contributed by atoms with E-state index in [0.29, 0.717) is 0 Å². The maximum atomic E-state index is 17.3. The summed E-state index contributed by atoms with van der Waals surface area (Å²) in [5.41, 5.74) is -21.0. The third kappa shape index (κ3) is 7.19. The fourth-order valence-electron chi connectivity index (χ4n) is 4.20. The molecule has 0 saturated heterocycles. The monoisotopic (exact) mass is 669 g/mol. The molecule has 0 N–H and O–H groups in total. The van der Waals surface area contributed by atoms with Gasteiger partial charge in [0.2, 0.25) is 6.42 Å². The average molecular weight is 669 g/mol. The van der Waals surface area contributed by atoms with Crippen LogP contribution in [0.25, 0.3) is 0 Å². The summed E-state index contributed by atoms with van der Waals surface area (Å²) in [5, 5.41) is 0. The number of halogens is 19. The van der Waals surface area contributed by atoms with Crippen LogP contribution in [0.3, 0.4) is 0 Å². The first-order valence-corrected chi connectivity index (χ1v) is 11.2. The summed E-state index contributed by atoms with van der Waals surface area (Å²) < 4.78 is 261. The summed E-state index contributed by atoms with van der Waals surface area (Å²) in [6.07, 6.45) is -40.9. The molecule has 0 saturated carbocycles. The van der Waals surface area contributed by atoms with Crippen molar-refractivity contribution in [3.63, 3.8) is 0 Å². The SMILES string of the molecule is F[B-](c1cc(C(F)(F)F)cc(C(F)(F)F)c1)(c1cc(C(F)(F)F)cc(C(F)(F)F)c1)c1cc(C(F)(F)F)cc(C(F)(F)F)c1. The first-order valence-electron chi connectivity index (χ1n) is 11.2. The van der Waals surface area contributed by atoms with Crippen LogP contribution in [-0.2, 0) is 37.1 Å². The molecule has 0 bridgehead atoms. The highest BCUT2D eigenvalue weighted by Crippen LogP contribution is 2.39. The van der Waals surface area contributed by atoms with Crippen LogP contribution in [0.5, 0.6) is 0 Å². The van der Waals surface area contributed by atoms with Crippen LogP contribution in [0.4, 0.5) is 83.3 Å². The maximum Gasteiger partial charge on any atom is 0.416 e. The molecule has 3 aromatic carbocycles. The minimum atomic E-state index is -5.85. The van der Waals surface area contributed by atoms with Crippen molar-refractivity contribution < 1.29 is 83.3 Å². The van der Waals surface area contributed by atoms with E-state index in [-0.39, 0.29) is 0 Å². The molecule has 0 fully saturated rings. The Balaban J connectivity index is 2.68. The smallest absolute Gasteiger partial charge is 0.416 e.